The fourth-order valence-electron chi connectivity index (χ4n) is 5.36. The molecule has 0 heterocycles. The van der Waals surface area contributed by atoms with E-state index in [9.17, 15) is 78.8 Å². The minimum absolute atomic E-state index is 0.263. The first-order valence-electron chi connectivity index (χ1n) is 16.3. The van der Waals surface area contributed by atoms with Crippen LogP contribution in [0.15, 0.2) is 98.4 Å². The van der Waals surface area contributed by atoms with Gasteiger partial charge >= 0.3 is 30.9 Å². The van der Waals surface area contributed by atoms with E-state index in [1.54, 1.807) is 0 Å². The zero-order chi connectivity index (χ0) is 45.5. The topological polar surface area (TPSA) is 75.7 Å². The molecule has 59 heavy (non-hydrogen) atoms. The predicted molar refractivity (Wildman–Crippen MR) is 182 cm³/mol. The van der Waals surface area contributed by atoms with Gasteiger partial charge in [0.1, 0.15) is 38.0 Å². The van der Waals surface area contributed by atoms with Gasteiger partial charge in [0, 0.05) is 12.1 Å². The molecular formula is C37H31F15O5S2. The summed E-state index contributed by atoms with van der Waals surface area (Å²) in [5.41, 5.74) is -22.8. The van der Waals surface area contributed by atoms with Gasteiger partial charge < -0.3 is 14.0 Å². The standard InChI is InChI=1S/C26H31O2S.C11HF15O3S/c1-25(2,3)27-20-17-18-24(23(19-20)28-26(4,5)6)29(21-13-9-7-10-14-21)22-15-11-8-12-16-22;12-7(13,14)1-2(8(15,16)17)4(10(21,22)23)6(30(27,28)29)5(11(24,25)26)3(1)9(18,19)20/h7-19H,1-6H3;(H,27,28,29)/q+1;/p-1. The molecule has 0 N–H and O–H groups in total. The molecule has 0 bridgehead atoms. The molecule has 0 saturated carbocycles. The van der Waals surface area contributed by atoms with E-state index in [0.717, 1.165) is 11.5 Å². The van der Waals surface area contributed by atoms with Crippen molar-refractivity contribution in [2.75, 3.05) is 0 Å². The molecule has 0 aliphatic heterocycles. The van der Waals surface area contributed by atoms with Gasteiger partial charge in [-0.05, 0) is 71.9 Å². The van der Waals surface area contributed by atoms with Crippen molar-refractivity contribution in [3.8, 4) is 11.5 Å². The first kappa shape index (κ1) is 49.1. The lowest BCUT2D eigenvalue weighted by molar-refractivity contribution is -0.191. The average Bonchev–Trinajstić information content (AvgIpc) is 3.02. The lowest BCUT2D eigenvalue weighted by atomic mass is 9.89. The van der Waals surface area contributed by atoms with Crippen molar-refractivity contribution in [3.05, 3.63) is 107 Å². The zero-order valence-corrected chi connectivity index (χ0v) is 32.7. The van der Waals surface area contributed by atoms with Crippen molar-refractivity contribution in [2.24, 2.45) is 0 Å². The fourth-order valence-corrected chi connectivity index (χ4v) is 8.44. The fraction of sp³-hybridized carbons (Fsp3) is 0.351. The number of ether oxygens (including phenoxy) is 2. The van der Waals surface area contributed by atoms with Crippen LogP contribution in [-0.2, 0) is 51.9 Å². The van der Waals surface area contributed by atoms with Crippen molar-refractivity contribution in [2.45, 2.75) is 103 Å². The van der Waals surface area contributed by atoms with Crippen LogP contribution in [0.1, 0.15) is 69.4 Å². The molecule has 0 aliphatic carbocycles. The second-order valence-electron chi connectivity index (χ2n) is 14.1. The van der Waals surface area contributed by atoms with E-state index in [0.29, 0.717) is 0 Å². The van der Waals surface area contributed by atoms with Crippen molar-refractivity contribution in [1.29, 1.82) is 0 Å². The third-order valence-electron chi connectivity index (χ3n) is 7.05. The van der Waals surface area contributed by atoms with E-state index in [-0.39, 0.29) is 22.1 Å². The van der Waals surface area contributed by atoms with Crippen LogP contribution in [0.4, 0.5) is 65.9 Å². The Labute approximate surface area is 330 Å². The van der Waals surface area contributed by atoms with Crippen LogP contribution in [-0.4, -0.2) is 24.2 Å². The van der Waals surface area contributed by atoms with Gasteiger partial charge in [0.15, 0.2) is 15.5 Å². The summed E-state index contributed by atoms with van der Waals surface area (Å²) < 4.78 is 240. The summed E-state index contributed by atoms with van der Waals surface area (Å²) >= 11 is 0. The second kappa shape index (κ2) is 16.6. The van der Waals surface area contributed by atoms with Gasteiger partial charge in [0.2, 0.25) is 4.90 Å². The summed E-state index contributed by atoms with van der Waals surface area (Å²) in [4.78, 5) is -0.488. The Bertz CT molecular complexity index is 2110. The number of hydrogen-bond acceptors (Lipinski definition) is 5. The molecule has 0 radical (unpaired) electrons. The Balaban J connectivity index is 0.000000315. The molecule has 0 unspecified atom stereocenters. The number of alkyl halides is 15. The smallest absolute Gasteiger partial charge is 0.418 e. The first-order valence-corrected chi connectivity index (χ1v) is 18.9. The van der Waals surface area contributed by atoms with E-state index in [2.05, 4.69) is 114 Å². The van der Waals surface area contributed by atoms with Crippen molar-refractivity contribution in [1.82, 2.24) is 0 Å². The Hall–Kier alpha value is -4.31. The molecule has 326 valence electrons. The Kier molecular flexibility index (Phi) is 13.8. The quantitative estimate of drug-likeness (QED) is 0.109. The van der Waals surface area contributed by atoms with E-state index in [1.165, 1.54) is 14.7 Å². The van der Waals surface area contributed by atoms with Gasteiger partial charge in [0.05, 0.1) is 32.7 Å². The molecule has 0 fully saturated rings. The maximum absolute atomic E-state index is 13.0. The van der Waals surface area contributed by atoms with Gasteiger partial charge in [-0.25, -0.2) is 8.42 Å². The summed E-state index contributed by atoms with van der Waals surface area (Å²) in [5.74, 6) is 1.69. The van der Waals surface area contributed by atoms with Crippen molar-refractivity contribution < 1.29 is 88.3 Å². The number of benzene rings is 4. The summed E-state index contributed by atoms with van der Waals surface area (Å²) in [6.45, 7) is 12.4. The van der Waals surface area contributed by atoms with E-state index < -0.39 is 73.7 Å². The van der Waals surface area contributed by atoms with Crippen LogP contribution >= 0.6 is 0 Å². The molecule has 0 spiro atoms. The SMILES string of the molecule is CC(C)(C)Oc1ccc([S+](c2ccccc2)c2ccccc2)c(OC(C)(C)C)c1.O=S(=O)([O-])c1c(C(F)(F)F)c(C(F)(F)F)c(C(F)(F)F)c(C(F)(F)F)c1C(F)(F)F. The average molecular weight is 905 g/mol. The monoisotopic (exact) mass is 904 g/mol. The van der Waals surface area contributed by atoms with Gasteiger partial charge in [0.25, 0.3) is 0 Å². The van der Waals surface area contributed by atoms with Gasteiger partial charge in [-0.3, -0.25) is 0 Å². The van der Waals surface area contributed by atoms with Gasteiger partial charge in [-0.2, -0.15) is 65.9 Å². The summed E-state index contributed by atoms with van der Waals surface area (Å²) in [6.07, 6.45) is -35.6. The molecule has 4 rings (SSSR count). The van der Waals surface area contributed by atoms with Crippen LogP contribution in [0.5, 0.6) is 11.5 Å². The summed E-state index contributed by atoms with van der Waals surface area (Å²) in [7, 11) is -7.79. The highest BCUT2D eigenvalue weighted by atomic mass is 32.2. The molecule has 0 aliphatic rings. The van der Waals surface area contributed by atoms with E-state index >= 15 is 0 Å². The third kappa shape index (κ3) is 12.6. The number of hydrogen-bond donors (Lipinski definition) is 0. The summed E-state index contributed by atoms with van der Waals surface area (Å²) in [6, 6.07) is 27.5. The first-order chi connectivity index (χ1) is 26.4. The second-order valence-corrected chi connectivity index (χ2v) is 17.4. The molecule has 0 saturated heterocycles. The maximum atomic E-state index is 13.0. The summed E-state index contributed by atoms with van der Waals surface area (Å²) in [5, 5.41) is 0. The molecular weight excluding hydrogens is 874 g/mol. The normalized spacial score (nSPS) is 13.5. The lowest BCUT2D eigenvalue weighted by Crippen LogP contribution is -2.34. The zero-order valence-electron chi connectivity index (χ0n) is 31.0. The predicted octanol–water partition coefficient (Wildman–Crippen LogP) is 12.8. The lowest BCUT2D eigenvalue weighted by Gasteiger charge is -2.31. The molecule has 0 aromatic heterocycles. The molecule has 4 aromatic carbocycles. The highest BCUT2D eigenvalue weighted by Gasteiger charge is 2.61. The number of rotatable bonds is 6. The third-order valence-corrected chi connectivity index (χ3v) is 10.2. The Morgan fingerprint density at radius 3 is 1.08 bits per heavy atom. The largest absolute Gasteiger partial charge is 0.744 e. The Morgan fingerprint density at radius 2 is 0.797 bits per heavy atom. The van der Waals surface area contributed by atoms with Crippen LogP contribution in [0.2, 0.25) is 0 Å². The van der Waals surface area contributed by atoms with Crippen molar-refractivity contribution >= 4 is 21.0 Å². The van der Waals surface area contributed by atoms with E-state index in [4.69, 9.17) is 9.47 Å². The van der Waals surface area contributed by atoms with Crippen LogP contribution in [0.25, 0.3) is 0 Å². The van der Waals surface area contributed by atoms with Crippen molar-refractivity contribution in [3.63, 3.8) is 0 Å². The number of halogens is 15. The molecule has 4 aromatic rings. The molecule has 22 heteroatoms. The van der Waals surface area contributed by atoms with E-state index in [1.807, 2.05) is 6.07 Å². The highest BCUT2D eigenvalue weighted by Crippen LogP contribution is 2.57. The highest BCUT2D eigenvalue weighted by molar-refractivity contribution is 7.97. The maximum Gasteiger partial charge on any atom is 0.418 e. The Morgan fingerprint density at radius 1 is 0.475 bits per heavy atom. The minimum atomic E-state index is -7.52. The van der Waals surface area contributed by atoms with Gasteiger partial charge in [-0.15, -0.1) is 0 Å². The molecule has 0 amide bonds. The van der Waals surface area contributed by atoms with Gasteiger partial charge in [-0.1, -0.05) is 36.4 Å². The van der Waals surface area contributed by atoms with Crippen LogP contribution in [0, 0.1) is 0 Å². The molecule has 0 atom stereocenters. The minimum Gasteiger partial charge on any atom is -0.744 e. The van der Waals surface area contributed by atoms with Crippen LogP contribution in [0.3, 0.4) is 0 Å². The van der Waals surface area contributed by atoms with Crippen LogP contribution < -0.4 is 9.47 Å². The molecule has 5 nitrogen and oxygen atoms in total.